The molecular weight excluding hydrogens is 268 g/mol. The average Bonchev–Trinajstić information content (AvgIpc) is 2.53. The quantitative estimate of drug-likeness (QED) is 0.826. The van der Waals surface area contributed by atoms with Crippen molar-refractivity contribution in [1.29, 1.82) is 5.26 Å². The summed E-state index contributed by atoms with van der Waals surface area (Å²) in [5, 5.41) is 22.1. The van der Waals surface area contributed by atoms with E-state index < -0.39 is 6.10 Å². The molecule has 2 rings (SSSR count). The third-order valence-corrected chi connectivity index (χ3v) is 3.72. The maximum absolute atomic E-state index is 10.1. The maximum Gasteiger partial charge on any atom is 0.0991 e. The monoisotopic (exact) mass is 284 g/mol. The lowest BCUT2D eigenvalue weighted by Crippen LogP contribution is -2.12. The Labute approximate surface area is 123 Å². The van der Waals surface area contributed by atoms with Gasteiger partial charge in [-0.15, -0.1) is 11.8 Å². The zero-order valence-electron chi connectivity index (χ0n) is 11.2. The Morgan fingerprint density at radius 3 is 2.65 bits per heavy atom. The maximum atomic E-state index is 10.1. The zero-order chi connectivity index (χ0) is 14.4. The van der Waals surface area contributed by atoms with Gasteiger partial charge in [0.15, 0.2) is 0 Å². The van der Waals surface area contributed by atoms with Crippen LogP contribution in [0.1, 0.15) is 17.2 Å². The molecule has 102 valence electrons. The second-order valence-corrected chi connectivity index (χ2v) is 5.24. The highest BCUT2D eigenvalue weighted by molar-refractivity contribution is 7.98. The number of anilines is 1. The van der Waals surface area contributed by atoms with E-state index >= 15 is 0 Å². The van der Waals surface area contributed by atoms with Crippen molar-refractivity contribution < 1.29 is 5.11 Å². The van der Waals surface area contributed by atoms with Gasteiger partial charge in [0.2, 0.25) is 0 Å². The van der Waals surface area contributed by atoms with Gasteiger partial charge in [-0.1, -0.05) is 18.2 Å². The van der Waals surface area contributed by atoms with Crippen LogP contribution >= 0.6 is 11.8 Å². The fourth-order valence-corrected chi connectivity index (χ4v) is 2.30. The molecule has 20 heavy (non-hydrogen) atoms. The first-order valence-electron chi connectivity index (χ1n) is 6.29. The van der Waals surface area contributed by atoms with E-state index in [0.29, 0.717) is 12.1 Å². The Bertz CT molecular complexity index is 605. The number of hydrogen-bond acceptors (Lipinski definition) is 4. The molecule has 0 bridgehead atoms. The van der Waals surface area contributed by atoms with E-state index in [0.717, 1.165) is 11.3 Å². The van der Waals surface area contributed by atoms with Gasteiger partial charge in [0.1, 0.15) is 0 Å². The van der Waals surface area contributed by atoms with Crippen molar-refractivity contribution in [1.82, 2.24) is 0 Å². The summed E-state index contributed by atoms with van der Waals surface area (Å²) < 4.78 is 0. The zero-order valence-corrected chi connectivity index (χ0v) is 12.0. The molecule has 0 saturated heterocycles. The van der Waals surface area contributed by atoms with Gasteiger partial charge in [-0.05, 0) is 42.2 Å². The Morgan fingerprint density at radius 2 is 2.00 bits per heavy atom. The molecule has 0 aliphatic rings. The van der Waals surface area contributed by atoms with Gasteiger partial charge in [0, 0.05) is 17.1 Å². The second-order valence-electron chi connectivity index (χ2n) is 4.36. The highest BCUT2D eigenvalue weighted by Crippen LogP contribution is 2.20. The Morgan fingerprint density at radius 1 is 1.25 bits per heavy atom. The van der Waals surface area contributed by atoms with Gasteiger partial charge < -0.3 is 10.4 Å². The van der Waals surface area contributed by atoms with E-state index in [1.54, 1.807) is 36.0 Å². The number of nitriles is 1. The highest BCUT2D eigenvalue weighted by atomic mass is 32.2. The molecule has 2 aromatic rings. The number of thioether (sulfide) groups is 1. The fourth-order valence-electron chi connectivity index (χ4n) is 1.85. The van der Waals surface area contributed by atoms with Crippen LogP contribution in [0.2, 0.25) is 0 Å². The van der Waals surface area contributed by atoms with Crippen molar-refractivity contribution in [3.63, 3.8) is 0 Å². The van der Waals surface area contributed by atoms with E-state index in [1.165, 1.54) is 4.90 Å². The van der Waals surface area contributed by atoms with Crippen LogP contribution in [-0.4, -0.2) is 17.9 Å². The molecule has 0 amide bonds. The molecular formula is C16H16N2OS. The predicted molar refractivity (Wildman–Crippen MR) is 82.8 cm³/mol. The Hall–Kier alpha value is -1.96. The topological polar surface area (TPSA) is 56.0 Å². The molecule has 2 aromatic carbocycles. The van der Waals surface area contributed by atoms with Crippen LogP contribution in [-0.2, 0) is 0 Å². The molecule has 1 atom stereocenters. The van der Waals surface area contributed by atoms with Gasteiger partial charge in [-0.2, -0.15) is 5.26 Å². The van der Waals surface area contributed by atoms with Gasteiger partial charge >= 0.3 is 0 Å². The van der Waals surface area contributed by atoms with Gasteiger partial charge in [-0.25, -0.2) is 0 Å². The standard InChI is InChI=1S/C16H16N2OS/c1-20-15-4-2-3-14(9-15)18-11-16(19)13-7-5-12(10-17)6-8-13/h2-9,16,18-19H,11H2,1H3. The number of aliphatic hydroxyl groups excluding tert-OH is 1. The van der Waals surface area contributed by atoms with Crippen LogP contribution in [0, 0.1) is 11.3 Å². The predicted octanol–water partition coefficient (Wildman–Crippen LogP) is 3.43. The van der Waals surface area contributed by atoms with Crippen molar-refractivity contribution >= 4 is 17.4 Å². The number of aliphatic hydroxyl groups is 1. The van der Waals surface area contributed by atoms with Crippen molar-refractivity contribution in [2.75, 3.05) is 18.1 Å². The summed E-state index contributed by atoms with van der Waals surface area (Å²) in [5.74, 6) is 0. The molecule has 3 nitrogen and oxygen atoms in total. The number of benzene rings is 2. The molecule has 0 radical (unpaired) electrons. The second kappa shape index (κ2) is 6.99. The molecule has 0 aliphatic carbocycles. The third kappa shape index (κ3) is 3.77. The number of nitrogens with one attached hydrogen (secondary N) is 1. The summed E-state index contributed by atoms with van der Waals surface area (Å²) in [6.07, 6.45) is 1.44. The third-order valence-electron chi connectivity index (χ3n) is 2.99. The van der Waals surface area contributed by atoms with Crippen molar-refractivity contribution in [3.05, 3.63) is 59.7 Å². The van der Waals surface area contributed by atoms with Crippen molar-refractivity contribution in [2.45, 2.75) is 11.0 Å². The first-order chi connectivity index (χ1) is 9.72. The minimum absolute atomic E-state index is 0.434. The smallest absolute Gasteiger partial charge is 0.0991 e. The van der Waals surface area contributed by atoms with Crippen LogP contribution in [0.3, 0.4) is 0 Å². The van der Waals surface area contributed by atoms with Crippen LogP contribution in [0.4, 0.5) is 5.69 Å². The van der Waals surface area contributed by atoms with Crippen LogP contribution < -0.4 is 5.32 Å². The molecule has 0 aromatic heterocycles. The number of rotatable bonds is 5. The SMILES string of the molecule is CSc1cccc(NCC(O)c2ccc(C#N)cc2)c1. The highest BCUT2D eigenvalue weighted by Gasteiger charge is 2.07. The van der Waals surface area contributed by atoms with Crippen molar-refractivity contribution in [3.8, 4) is 6.07 Å². The lowest BCUT2D eigenvalue weighted by Gasteiger charge is -2.13. The average molecular weight is 284 g/mol. The molecule has 0 spiro atoms. The number of hydrogen-bond donors (Lipinski definition) is 2. The lowest BCUT2D eigenvalue weighted by atomic mass is 10.1. The van der Waals surface area contributed by atoms with Crippen LogP contribution in [0.15, 0.2) is 53.4 Å². The Kier molecular flexibility index (Phi) is 5.05. The van der Waals surface area contributed by atoms with E-state index in [9.17, 15) is 5.11 Å². The normalized spacial score (nSPS) is 11.7. The van der Waals surface area contributed by atoms with Crippen LogP contribution in [0.5, 0.6) is 0 Å². The molecule has 2 N–H and O–H groups in total. The molecule has 0 saturated carbocycles. The van der Waals surface area contributed by atoms with E-state index in [2.05, 4.69) is 17.5 Å². The summed E-state index contributed by atoms with van der Waals surface area (Å²) in [5.41, 5.74) is 2.39. The summed E-state index contributed by atoms with van der Waals surface area (Å²) >= 11 is 1.68. The van der Waals surface area contributed by atoms with Gasteiger partial charge in [0.25, 0.3) is 0 Å². The summed E-state index contributed by atoms with van der Waals surface area (Å²) in [6, 6.07) is 17.1. The first-order valence-corrected chi connectivity index (χ1v) is 7.51. The molecule has 0 aliphatic heterocycles. The summed E-state index contributed by atoms with van der Waals surface area (Å²) in [4.78, 5) is 1.18. The molecule has 0 fully saturated rings. The number of nitrogens with zero attached hydrogens (tertiary/aromatic N) is 1. The molecule has 4 heteroatoms. The van der Waals surface area contributed by atoms with E-state index in [1.807, 2.05) is 24.5 Å². The minimum atomic E-state index is -0.597. The van der Waals surface area contributed by atoms with Crippen LogP contribution in [0.25, 0.3) is 0 Å². The van der Waals surface area contributed by atoms with Gasteiger partial charge in [-0.3, -0.25) is 0 Å². The van der Waals surface area contributed by atoms with Crippen molar-refractivity contribution in [2.24, 2.45) is 0 Å². The first kappa shape index (κ1) is 14.4. The van der Waals surface area contributed by atoms with E-state index in [4.69, 9.17) is 5.26 Å². The summed E-state index contributed by atoms with van der Waals surface area (Å²) in [6.45, 7) is 0.434. The molecule has 1 unspecified atom stereocenters. The summed E-state index contributed by atoms with van der Waals surface area (Å²) in [7, 11) is 0. The largest absolute Gasteiger partial charge is 0.387 e. The van der Waals surface area contributed by atoms with Gasteiger partial charge in [0.05, 0.1) is 17.7 Å². The Balaban J connectivity index is 1.97. The lowest BCUT2D eigenvalue weighted by molar-refractivity contribution is 0.191. The molecule has 0 heterocycles. The van der Waals surface area contributed by atoms with E-state index in [-0.39, 0.29) is 0 Å². The minimum Gasteiger partial charge on any atom is -0.387 e. The fraction of sp³-hybridized carbons (Fsp3) is 0.188.